The van der Waals surface area contributed by atoms with E-state index in [-0.39, 0.29) is 5.25 Å². The first-order valence-corrected chi connectivity index (χ1v) is 8.69. The summed E-state index contributed by atoms with van der Waals surface area (Å²) in [5.74, 6) is 1.05. The maximum Gasteiger partial charge on any atom is 0.247 e. The Morgan fingerprint density at radius 2 is 1.65 bits per heavy atom. The fourth-order valence-corrected chi connectivity index (χ4v) is 3.61. The first-order valence-electron chi connectivity index (χ1n) is 7.05. The molecule has 0 saturated carbocycles. The first-order chi connectivity index (χ1) is 11.0. The average Bonchev–Trinajstić information content (AvgIpc) is 3.02. The smallest absolute Gasteiger partial charge is 0.247 e. The van der Waals surface area contributed by atoms with Crippen LogP contribution >= 0.6 is 35.0 Å². The molecule has 1 aromatic heterocycles. The highest BCUT2D eigenvalue weighted by Gasteiger charge is 2.19. The lowest BCUT2D eigenvalue weighted by molar-refractivity contribution is 0.509. The standard InChI is InChI=1S/C17H14Cl2N2OS/c1-10-6-8-12(9-7-10)17-21-20-16(22-17)11(2)23-15-13(18)4-3-5-14(15)19/h3-9,11H,1-2H3. The van der Waals surface area contributed by atoms with E-state index in [1.54, 1.807) is 0 Å². The Balaban J connectivity index is 1.81. The third kappa shape index (κ3) is 3.71. The molecule has 23 heavy (non-hydrogen) atoms. The minimum Gasteiger partial charge on any atom is -0.419 e. The second-order valence-electron chi connectivity index (χ2n) is 5.12. The predicted molar refractivity (Wildman–Crippen MR) is 95.2 cm³/mol. The van der Waals surface area contributed by atoms with Gasteiger partial charge in [-0.2, -0.15) is 0 Å². The molecule has 1 unspecified atom stereocenters. The minimum atomic E-state index is -0.0564. The average molecular weight is 365 g/mol. The molecule has 6 heteroatoms. The van der Waals surface area contributed by atoms with Crippen molar-refractivity contribution < 1.29 is 4.42 Å². The molecule has 0 bridgehead atoms. The van der Waals surface area contributed by atoms with E-state index in [0.717, 1.165) is 10.5 Å². The molecule has 3 rings (SSSR count). The summed E-state index contributed by atoms with van der Waals surface area (Å²) in [4.78, 5) is 0.818. The molecule has 118 valence electrons. The van der Waals surface area contributed by atoms with Gasteiger partial charge in [0.1, 0.15) is 0 Å². The maximum atomic E-state index is 6.21. The maximum absolute atomic E-state index is 6.21. The summed E-state index contributed by atoms with van der Waals surface area (Å²) >= 11 is 13.9. The molecule has 0 aliphatic carbocycles. The summed E-state index contributed by atoms with van der Waals surface area (Å²) in [5, 5.41) is 9.45. The van der Waals surface area contributed by atoms with Crippen LogP contribution in [0.2, 0.25) is 10.0 Å². The van der Waals surface area contributed by atoms with E-state index in [1.807, 2.05) is 56.3 Å². The number of benzene rings is 2. The SMILES string of the molecule is Cc1ccc(-c2nnc(C(C)Sc3c(Cl)cccc3Cl)o2)cc1. The van der Waals surface area contributed by atoms with E-state index in [4.69, 9.17) is 27.6 Å². The van der Waals surface area contributed by atoms with Gasteiger partial charge in [0.15, 0.2) is 0 Å². The molecule has 3 nitrogen and oxygen atoms in total. The fourth-order valence-electron chi connectivity index (χ4n) is 2.03. The van der Waals surface area contributed by atoms with Crippen LogP contribution in [-0.2, 0) is 0 Å². The summed E-state index contributed by atoms with van der Waals surface area (Å²) < 4.78 is 5.79. The molecule has 0 fully saturated rings. The highest BCUT2D eigenvalue weighted by Crippen LogP contribution is 2.42. The van der Waals surface area contributed by atoms with Gasteiger partial charge in [-0.1, -0.05) is 47.0 Å². The van der Waals surface area contributed by atoms with Crippen LogP contribution in [0, 0.1) is 6.92 Å². The van der Waals surface area contributed by atoms with Gasteiger partial charge in [0.2, 0.25) is 11.8 Å². The number of rotatable bonds is 4. The Bertz CT molecular complexity index is 797. The van der Waals surface area contributed by atoms with E-state index in [2.05, 4.69) is 10.2 Å². The van der Waals surface area contributed by atoms with Crippen LogP contribution in [0.25, 0.3) is 11.5 Å². The van der Waals surface area contributed by atoms with E-state index in [0.29, 0.717) is 21.8 Å². The molecule has 0 radical (unpaired) electrons. The summed E-state index contributed by atoms with van der Waals surface area (Å²) in [6, 6.07) is 13.4. The highest BCUT2D eigenvalue weighted by molar-refractivity contribution is 7.99. The van der Waals surface area contributed by atoms with E-state index in [1.165, 1.54) is 17.3 Å². The molecular weight excluding hydrogens is 351 g/mol. The molecule has 0 saturated heterocycles. The zero-order chi connectivity index (χ0) is 16.4. The Labute approximate surface area is 149 Å². The van der Waals surface area contributed by atoms with Crippen molar-refractivity contribution in [1.82, 2.24) is 10.2 Å². The lowest BCUT2D eigenvalue weighted by Crippen LogP contribution is -1.89. The molecule has 1 atom stereocenters. The van der Waals surface area contributed by atoms with Crippen LogP contribution in [0.4, 0.5) is 0 Å². The number of halogens is 2. The van der Waals surface area contributed by atoms with Crippen molar-refractivity contribution in [2.75, 3.05) is 0 Å². The third-order valence-corrected chi connectivity index (χ3v) is 5.39. The van der Waals surface area contributed by atoms with E-state index < -0.39 is 0 Å². The highest BCUT2D eigenvalue weighted by atomic mass is 35.5. The molecule has 0 aliphatic rings. The van der Waals surface area contributed by atoms with Gasteiger partial charge >= 0.3 is 0 Å². The Morgan fingerprint density at radius 3 is 2.30 bits per heavy atom. The largest absolute Gasteiger partial charge is 0.419 e. The van der Waals surface area contributed by atoms with Crippen molar-refractivity contribution in [3.8, 4) is 11.5 Å². The number of hydrogen-bond acceptors (Lipinski definition) is 4. The van der Waals surface area contributed by atoms with Gasteiger partial charge in [-0.25, -0.2) is 0 Å². The number of thioether (sulfide) groups is 1. The summed E-state index contributed by atoms with van der Waals surface area (Å²) in [6.45, 7) is 4.02. The number of aryl methyl sites for hydroxylation is 1. The van der Waals surface area contributed by atoms with Gasteiger partial charge in [0, 0.05) is 10.5 Å². The van der Waals surface area contributed by atoms with Gasteiger partial charge in [-0.15, -0.1) is 22.0 Å². The number of hydrogen-bond donors (Lipinski definition) is 0. The summed E-state index contributed by atoms with van der Waals surface area (Å²) in [6.07, 6.45) is 0. The molecule has 0 aliphatic heterocycles. The summed E-state index contributed by atoms with van der Waals surface area (Å²) in [7, 11) is 0. The fraction of sp³-hybridized carbons (Fsp3) is 0.176. The quantitative estimate of drug-likeness (QED) is 0.516. The summed E-state index contributed by atoms with van der Waals surface area (Å²) in [5.41, 5.74) is 2.09. The molecule has 0 N–H and O–H groups in total. The lowest BCUT2D eigenvalue weighted by Gasteiger charge is -2.09. The van der Waals surface area contributed by atoms with Gasteiger partial charge in [-0.3, -0.25) is 0 Å². The van der Waals surface area contributed by atoms with Crippen LogP contribution < -0.4 is 0 Å². The molecule has 3 aromatic rings. The van der Waals surface area contributed by atoms with Gasteiger partial charge in [0.05, 0.1) is 15.3 Å². The van der Waals surface area contributed by atoms with Gasteiger partial charge in [-0.05, 0) is 38.1 Å². The topological polar surface area (TPSA) is 38.9 Å². The molecule has 0 spiro atoms. The first kappa shape index (κ1) is 16.4. The van der Waals surface area contributed by atoms with Crippen molar-refractivity contribution in [1.29, 1.82) is 0 Å². The Hall–Kier alpha value is -1.49. The number of nitrogens with zero attached hydrogens (tertiary/aromatic N) is 2. The predicted octanol–water partition coefficient (Wildman–Crippen LogP) is 6.21. The van der Waals surface area contributed by atoms with Crippen LogP contribution in [-0.4, -0.2) is 10.2 Å². The molecule has 2 aromatic carbocycles. The third-order valence-electron chi connectivity index (χ3n) is 3.30. The molecular formula is C17H14Cl2N2OS. The normalized spacial score (nSPS) is 12.3. The Morgan fingerprint density at radius 1 is 1.00 bits per heavy atom. The van der Waals surface area contributed by atoms with Crippen molar-refractivity contribution in [3.05, 3.63) is 64.0 Å². The van der Waals surface area contributed by atoms with E-state index in [9.17, 15) is 0 Å². The van der Waals surface area contributed by atoms with Crippen LogP contribution in [0.15, 0.2) is 51.8 Å². The minimum absolute atomic E-state index is 0.0564. The van der Waals surface area contributed by atoms with Crippen molar-refractivity contribution in [2.24, 2.45) is 0 Å². The van der Waals surface area contributed by atoms with Crippen LogP contribution in [0.5, 0.6) is 0 Å². The van der Waals surface area contributed by atoms with Gasteiger partial charge < -0.3 is 4.42 Å². The van der Waals surface area contributed by atoms with Crippen LogP contribution in [0.3, 0.4) is 0 Å². The van der Waals surface area contributed by atoms with Crippen LogP contribution in [0.1, 0.15) is 23.6 Å². The van der Waals surface area contributed by atoms with E-state index >= 15 is 0 Å². The van der Waals surface area contributed by atoms with Crippen molar-refractivity contribution in [3.63, 3.8) is 0 Å². The van der Waals surface area contributed by atoms with Gasteiger partial charge in [0.25, 0.3) is 0 Å². The molecule has 1 heterocycles. The number of aromatic nitrogens is 2. The monoisotopic (exact) mass is 364 g/mol. The lowest BCUT2D eigenvalue weighted by atomic mass is 10.1. The molecule has 0 amide bonds. The Kier molecular flexibility index (Phi) is 4.95. The second kappa shape index (κ2) is 6.95. The second-order valence-corrected chi connectivity index (χ2v) is 7.29. The zero-order valence-corrected chi connectivity index (χ0v) is 14.9. The van der Waals surface area contributed by atoms with Crippen molar-refractivity contribution >= 4 is 35.0 Å². The zero-order valence-electron chi connectivity index (χ0n) is 12.6. The van der Waals surface area contributed by atoms with Crippen molar-refractivity contribution in [2.45, 2.75) is 24.0 Å².